The molecular formula is C16H17BrN2O2S. The molecule has 1 aliphatic rings. The second kappa shape index (κ2) is 6.02. The van der Waals surface area contributed by atoms with Crippen molar-refractivity contribution >= 4 is 31.6 Å². The number of aryl methyl sites for hydroxylation is 1. The number of nitrogens with one attached hydrogen (secondary N) is 1. The van der Waals surface area contributed by atoms with Gasteiger partial charge in [-0.1, -0.05) is 22.0 Å². The Hall–Kier alpha value is -1.37. The fraction of sp³-hybridized carbons (Fsp3) is 0.250. The summed E-state index contributed by atoms with van der Waals surface area (Å²) in [5.74, 6) is 0. The highest BCUT2D eigenvalue weighted by molar-refractivity contribution is 9.10. The van der Waals surface area contributed by atoms with Crippen molar-refractivity contribution in [2.75, 3.05) is 5.73 Å². The Bertz CT molecular complexity index is 788. The second-order valence-corrected chi connectivity index (χ2v) is 8.11. The maximum absolute atomic E-state index is 12.5. The van der Waals surface area contributed by atoms with Crippen LogP contribution in [0.4, 0.5) is 5.69 Å². The van der Waals surface area contributed by atoms with Crippen molar-refractivity contribution < 1.29 is 8.42 Å². The molecule has 3 rings (SSSR count). The van der Waals surface area contributed by atoms with Gasteiger partial charge in [-0.25, -0.2) is 13.1 Å². The van der Waals surface area contributed by atoms with E-state index in [2.05, 4.69) is 20.7 Å². The summed E-state index contributed by atoms with van der Waals surface area (Å²) in [6.07, 6.45) is 2.69. The van der Waals surface area contributed by atoms with Crippen LogP contribution in [0.15, 0.2) is 51.8 Å². The quantitative estimate of drug-likeness (QED) is 0.801. The van der Waals surface area contributed by atoms with E-state index in [0.29, 0.717) is 0 Å². The lowest BCUT2D eigenvalue weighted by Gasteiger charge is -2.26. The Balaban J connectivity index is 1.89. The van der Waals surface area contributed by atoms with Gasteiger partial charge in [0, 0.05) is 16.2 Å². The van der Waals surface area contributed by atoms with Crippen LogP contribution < -0.4 is 10.5 Å². The van der Waals surface area contributed by atoms with E-state index in [4.69, 9.17) is 5.73 Å². The molecule has 0 fully saturated rings. The third-order valence-corrected chi connectivity index (χ3v) is 5.92. The smallest absolute Gasteiger partial charge is 0.241 e. The summed E-state index contributed by atoms with van der Waals surface area (Å²) in [5.41, 5.74) is 8.70. The topological polar surface area (TPSA) is 72.2 Å². The van der Waals surface area contributed by atoms with E-state index >= 15 is 0 Å². The number of rotatable bonds is 3. The number of benzene rings is 2. The molecule has 0 heterocycles. The number of hydrogen-bond acceptors (Lipinski definition) is 3. The summed E-state index contributed by atoms with van der Waals surface area (Å²) in [5, 5.41) is 0. The summed E-state index contributed by atoms with van der Waals surface area (Å²) in [4.78, 5) is 0.276. The minimum absolute atomic E-state index is 0.196. The molecule has 116 valence electrons. The summed E-state index contributed by atoms with van der Waals surface area (Å²) < 4.78 is 28.7. The zero-order chi connectivity index (χ0) is 15.7. The lowest BCUT2D eigenvalue weighted by Crippen LogP contribution is -2.31. The van der Waals surface area contributed by atoms with Crippen LogP contribution in [0.5, 0.6) is 0 Å². The molecular weight excluding hydrogens is 364 g/mol. The summed E-state index contributed by atoms with van der Waals surface area (Å²) in [7, 11) is -3.53. The average Bonchev–Trinajstić information content (AvgIpc) is 2.47. The number of hydrogen-bond donors (Lipinski definition) is 2. The van der Waals surface area contributed by atoms with Crippen LogP contribution >= 0.6 is 15.9 Å². The number of anilines is 1. The molecule has 1 aliphatic carbocycles. The van der Waals surface area contributed by atoms with Crippen LogP contribution in [-0.4, -0.2) is 8.42 Å². The van der Waals surface area contributed by atoms with Crippen LogP contribution in [0.1, 0.15) is 30.0 Å². The lowest BCUT2D eigenvalue weighted by atomic mass is 9.88. The van der Waals surface area contributed by atoms with Crippen molar-refractivity contribution in [1.29, 1.82) is 0 Å². The van der Waals surface area contributed by atoms with Gasteiger partial charge in [-0.3, -0.25) is 0 Å². The molecule has 2 aromatic carbocycles. The van der Waals surface area contributed by atoms with Gasteiger partial charge in [-0.2, -0.15) is 0 Å². The van der Waals surface area contributed by atoms with Crippen molar-refractivity contribution in [3.8, 4) is 0 Å². The van der Waals surface area contributed by atoms with Crippen LogP contribution in [0, 0.1) is 0 Å². The van der Waals surface area contributed by atoms with Gasteiger partial charge >= 0.3 is 0 Å². The number of fused-ring (bicyclic) bond motifs is 1. The summed E-state index contributed by atoms with van der Waals surface area (Å²) >= 11 is 3.31. The normalized spacial score (nSPS) is 18.0. The van der Waals surface area contributed by atoms with E-state index < -0.39 is 10.0 Å². The Morgan fingerprint density at radius 1 is 1.14 bits per heavy atom. The van der Waals surface area contributed by atoms with E-state index in [1.54, 1.807) is 24.3 Å². The maximum atomic E-state index is 12.5. The zero-order valence-electron chi connectivity index (χ0n) is 11.9. The number of nitrogens with two attached hydrogens (primary N) is 1. The molecule has 0 spiro atoms. The van der Waals surface area contributed by atoms with Gasteiger partial charge in [-0.15, -0.1) is 0 Å². The zero-order valence-corrected chi connectivity index (χ0v) is 14.3. The molecule has 0 amide bonds. The fourth-order valence-electron chi connectivity index (χ4n) is 2.83. The van der Waals surface area contributed by atoms with Gasteiger partial charge in [0.15, 0.2) is 0 Å². The highest BCUT2D eigenvalue weighted by Crippen LogP contribution is 2.32. The first-order valence-electron chi connectivity index (χ1n) is 7.12. The Morgan fingerprint density at radius 3 is 2.59 bits per heavy atom. The first-order chi connectivity index (χ1) is 10.5. The first-order valence-corrected chi connectivity index (χ1v) is 9.39. The highest BCUT2D eigenvalue weighted by Gasteiger charge is 2.25. The molecule has 0 saturated heterocycles. The summed E-state index contributed by atoms with van der Waals surface area (Å²) in [6.45, 7) is 0. The number of sulfonamides is 1. The van der Waals surface area contributed by atoms with Crippen molar-refractivity contribution in [1.82, 2.24) is 4.72 Å². The van der Waals surface area contributed by atoms with Gasteiger partial charge in [0.2, 0.25) is 10.0 Å². The van der Waals surface area contributed by atoms with E-state index in [9.17, 15) is 8.42 Å². The number of halogens is 1. The fourth-order valence-corrected chi connectivity index (χ4v) is 4.34. The molecule has 0 aromatic heterocycles. The molecule has 0 saturated carbocycles. The van der Waals surface area contributed by atoms with Gasteiger partial charge in [0.25, 0.3) is 0 Å². The van der Waals surface area contributed by atoms with Crippen molar-refractivity contribution in [3.05, 3.63) is 58.1 Å². The lowest BCUT2D eigenvalue weighted by molar-refractivity contribution is 0.507. The highest BCUT2D eigenvalue weighted by atomic mass is 79.9. The van der Waals surface area contributed by atoms with Crippen LogP contribution in [0.2, 0.25) is 0 Å². The van der Waals surface area contributed by atoms with Crippen molar-refractivity contribution in [2.45, 2.75) is 30.2 Å². The monoisotopic (exact) mass is 380 g/mol. The van der Waals surface area contributed by atoms with E-state index in [-0.39, 0.29) is 10.9 Å². The van der Waals surface area contributed by atoms with Gasteiger partial charge in [0.1, 0.15) is 0 Å². The predicted octanol–water partition coefficient (Wildman–Crippen LogP) is 3.39. The molecule has 0 aliphatic heterocycles. The molecule has 4 nitrogen and oxygen atoms in total. The van der Waals surface area contributed by atoms with E-state index in [1.807, 2.05) is 18.2 Å². The van der Waals surface area contributed by atoms with Crippen molar-refractivity contribution in [3.63, 3.8) is 0 Å². The van der Waals surface area contributed by atoms with E-state index in [0.717, 1.165) is 40.5 Å². The van der Waals surface area contributed by atoms with Crippen LogP contribution in [0.25, 0.3) is 0 Å². The molecule has 22 heavy (non-hydrogen) atoms. The third kappa shape index (κ3) is 3.19. The SMILES string of the molecule is Nc1ccc2c(c1)CCCC2NS(=O)(=O)c1ccc(Br)cc1. The molecule has 0 bridgehead atoms. The molecule has 6 heteroatoms. The largest absolute Gasteiger partial charge is 0.399 e. The first kappa shape index (κ1) is 15.5. The standard InChI is InChI=1S/C16H17BrN2O2S/c17-12-4-7-14(8-5-12)22(20,21)19-16-3-1-2-11-10-13(18)6-9-15(11)16/h4-10,16,19H,1-3,18H2. The predicted molar refractivity (Wildman–Crippen MR) is 91.0 cm³/mol. The Labute approximate surface area is 138 Å². The van der Waals surface area contributed by atoms with Gasteiger partial charge in [-0.05, 0) is 66.8 Å². The van der Waals surface area contributed by atoms with Crippen molar-refractivity contribution in [2.24, 2.45) is 0 Å². The Kier molecular flexibility index (Phi) is 4.25. The Morgan fingerprint density at radius 2 is 1.86 bits per heavy atom. The minimum Gasteiger partial charge on any atom is -0.399 e. The third-order valence-electron chi connectivity index (χ3n) is 3.90. The molecule has 3 N–H and O–H groups in total. The molecule has 1 atom stereocenters. The summed E-state index contributed by atoms with van der Waals surface area (Å²) in [6, 6.07) is 12.1. The average molecular weight is 381 g/mol. The van der Waals surface area contributed by atoms with Crippen LogP contribution in [0.3, 0.4) is 0 Å². The molecule has 0 radical (unpaired) electrons. The molecule has 1 unspecified atom stereocenters. The van der Waals surface area contributed by atoms with Gasteiger partial charge in [0.05, 0.1) is 4.90 Å². The van der Waals surface area contributed by atoms with E-state index in [1.165, 1.54) is 0 Å². The maximum Gasteiger partial charge on any atom is 0.241 e. The second-order valence-electron chi connectivity index (χ2n) is 5.48. The van der Waals surface area contributed by atoms with Crippen LogP contribution in [-0.2, 0) is 16.4 Å². The molecule has 2 aromatic rings. The van der Waals surface area contributed by atoms with Gasteiger partial charge < -0.3 is 5.73 Å². The minimum atomic E-state index is -3.53. The number of nitrogen functional groups attached to an aromatic ring is 1.